The zero-order chi connectivity index (χ0) is 8.69. The Balaban J connectivity index is 4.14. The average molecular weight is 191 g/mol. The second kappa shape index (κ2) is 6.18. The molecule has 0 heterocycles. The van der Waals surface area contributed by atoms with E-state index in [0.717, 1.165) is 0 Å². The van der Waals surface area contributed by atoms with Crippen molar-refractivity contribution in [2.24, 2.45) is 0 Å². The minimum atomic E-state index is -1.42. The monoisotopic (exact) mass is 191 g/mol. The van der Waals surface area contributed by atoms with Crippen molar-refractivity contribution in [3.8, 4) is 0 Å². The van der Waals surface area contributed by atoms with Crippen LogP contribution in [0.2, 0.25) is 0 Å². The number of carbonyl (C=O) groups is 1. The van der Waals surface area contributed by atoms with Crippen LogP contribution >= 0.6 is 11.8 Å². The number of amides is 1. The fourth-order valence-electron chi connectivity index (χ4n) is 0.403. The largest absolute Gasteiger partial charge is 0.278 e. The molecule has 3 nitrogen and oxygen atoms in total. The molecule has 0 radical (unpaired) electrons. The highest BCUT2D eigenvalue weighted by Crippen LogP contribution is 2.17. The molecule has 1 amide bonds. The molecule has 0 rings (SSSR count). The van der Waals surface area contributed by atoms with Gasteiger partial charge in [0.2, 0.25) is 6.41 Å². The molecule has 5 heteroatoms. The van der Waals surface area contributed by atoms with E-state index in [1.54, 1.807) is 18.4 Å². The van der Waals surface area contributed by atoms with Gasteiger partial charge in [0.25, 0.3) is 0 Å². The van der Waals surface area contributed by atoms with Crippen LogP contribution < -0.4 is 4.72 Å². The number of carbonyl (C=O) groups excluding carboxylic acids is 1. The van der Waals surface area contributed by atoms with Gasteiger partial charge in [-0.3, -0.25) is 9.52 Å². The summed E-state index contributed by atoms with van der Waals surface area (Å²) < 4.78 is 13.7. The summed E-state index contributed by atoms with van der Waals surface area (Å²) in [7, 11) is -1.42. The highest BCUT2D eigenvalue weighted by atomic mass is 32.2. The first-order valence-corrected chi connectivity index (χ1v) is 4.84. The summed E-state index contributed by atoms with van der Waals surface area (Å²) in [4.78, 5) is 9.87. The van der Waals surface area contributed by atoms with Gasteiger partial charge in [-0.25, -0.2) is 4.21 Å². The number of thioether (sulfide) groups is 1. The summed E-state index contributed by atoms with van der Waals surface area (Å²) in [5.41, 5.74) is 0. The number of allylic oxidation sites excluding steroid dienone is 1. The van der Waals surface area contributed by atoms with E-state index in [1.807, 2.05) is 0 Å². The van der Waals surface area contributed by atoms with E-state index in [0.29, 0.717) is 10.6 Å². The van der Waals surface area contributed by atoms with E-state index in [-0.39, 0.29) is 0 Å². The molecule has 0 aromatic heterocycles. The maximum absolute atomic E-state index is 11.0. The number of rotatable bonds is 5. The van der Waals surface area contributed by atoms with Crippen LogP contribution in [0.1, 0.15) is 6.92 Å². The van der Waals surface area contributed by atoms with Crippen LogP contribution in [-0.2, 0) is 15.8 Å². The topological polar surface area (TPSA) is 46.2 Å². The van der Waals surface area contributed by atoms with E-state index in [1.165, 1.54) is 11.8 Å². The molecular weight excluding hydrogens is 182 g/mol. The standard InChI is InChI=1S/C6H9NO2S2/c1-3-6(10-4-2)11(9)7-5-8/h3-5H,2H2,1H3,(H,7,8)/b6-3+. The van der Waals surface area contributed by atoms with E-state index in [2.05, 4.69) is 11.3 Å². The maximum Gasteiger partial charge on any atom is 0.219 e. The molecule has 11 heavy (non-hydrogen) atoms. The third-order valence-corrected chi connectivity index (χ3v) is 3.06. The van der Waals surface area contributed by atoms with Gasteiger partial charge in [0.05, 0.1) is 4.24 Å². The van der Waals surface area contributed by atoms with Crippen LogP contribution in [0, 0.1) is 0 Å². The summed E-state index contributed by atoms with van der Waals surface area (Å²) in [6, 6.07) is 0. The fourth-order valence-corrected chi connectivity index (χ4v) is 1.82. The van der Waals surface area contributed by atoms with Gasteiger partial charge in [0, 0.05) is 0 Å². The maximum atomic E-state index is 11.0. The molecule has 0 bridgehead atoms. The van der Waals surface area contributed by atoms with Gasteiger partial charge < -0.3 is 0 Å². The zero-order valence-electron chi connectivity index (χ0n) is 6.07. The minimum absolute atomic E-state index is 0.406. The first-order valence-electron chi connectivity index (χ1n) is 2.81. The van der Waals surface area contributed by atoms with Gasteiger partial charge in [0.1, 0.15) is 0 Å². The molecule has 0 aromatic carbocycles. The Morgan fingerprint density at radius 3 is 2.73 bits per heavy atom. The van der Waals surface area contributed by atoms with Crippen molar-refractivity contribution in [1.82, 2.24) is 4.72 Å². The summed E-state index contributed by atoms with van der Waals surface area (Å²) in [5, 5.41) is 1.56. The van der Waals surface area contributed by atoms with Crippen LogP contribution in [0.25, 0.3) is 0 Å². The molecule has 62 valence electrons. The molecule has 0 spiro atoms. The molecule has 0 aliphatic heterocycles. The third kappa shape index (κ3) is 4.00. The Kier molecular flexibility index (Phi) is 5.87. The molecule has 1 N–H and O–H groups in total. The van der Waals surface area contributed by atoms with Crippen LogP contribution in [0.4, 0.5) is 0 Å². The molecule has 0 saturated heterocycles. The highest BCUT2D eigenvalue weighted by molar-refractivity contribution is 8.17. The van der Waals surface area contributed by atoms with Crippen molar-refractivity contribution in [3.63, 3.8) is 0 Å². The van der Waals surface area contributed by atoms with E-state index < -0.39 is 11.0 Å². The lowest BCUT2D eigenvalue weighted by atomic mass is 10.8. The summed E-state index contributed by atoms with van der Waals surface area (Å²) in [6.07, 6.45) is 2.07. The molecule has 0 aromatic rings. The van der Waals surface area contributed by atoms with E-state index in [4.69, 9.17) is 0 Å². The van der Waals surface area contributed by atoms with Crippen LogP contribution in [0.3, 0.4) is 0 Å². The SMILES string of the molecule is C=CS/C(=C\C)S(=O)NC=O. The van der Waals surface area contributed by atoms with Gasteiger partial charge in [-0.05, 0) is 12.3 Å². The first kappa shape index (κ1) is 10.4. The van der Waals surface area contributed by atoms with Crippen molar-refractivity contribution < 1.29 is 9.00 Å². The molecule has 0 fully saturated rings. The second-order valence-corrected chi connectivity index (χ2v) is 3.88. The lowest BCUT2D eigenvalue weighted by Gasteiger charge is -1.99. The first-order chi connectivity index (χ1) is 5.26. The Labute approximate surface area is 72.5 Å². The summed E-state index contributed by atoms with van der Waals surface area (Å²) in [6.45, 7) is 5.21. The average Bonchev–Trinajstić information content (AvgIpc) is 2.00. The second-order valence-electron chi connectivity index (χ2n) is 1.40. The van der Waals surface area contributed by atoms with Crippen LogP contribution in [0.15, 0.2) is 22.3 Å². The molecule has 1 atom stereocenters. The zero-order valence-corrected chi connectivity index (χ0v) is 7.71. The predicted octanol–water partition coefficient (Wildman–Crippen LogP) is 1.13. The molecular formula is C6H9NO2S2. The Bertz CT molecular complexity index is 201. The lowest BCUT2D eigenvalue weighted by molar-refractivity contribution is -0.108. The summed E-state index contributed by atoms with van der Waals surface area (Å²) in [5.74, 6) is 0. The van der Waals surface area contributed by atoms with Gasteiger partial charge >= 0.3 is 0 Å². The number of hydrogen-bond acceptors (Lipinski definition) is 3. The normalized spacial score (nSPS) is 13.7. The van der Waals surface area contributed by atoms with Gasteiger partial charge in [-0.1, -0.05) is 24.4 Å². The van der Waals surface area contributed by atoms with Crippen molar-refractivity contribution in [2.75, 3.05) is 0 Å². The molecule has 0 aliphatic carbocycles. The lowest BCUT2D eigenvalue weighted by Crippen LogP contribution is -2.14. The van der Waals surface area contributed by atoms with E-state index >= 15 is 0 Å². The molecule has 0 aliphatic rings. The predicted molar refractivity (Wildman–Crippen MR) is 48.9 cm³/mol. The van der Waals surface area contributed by atoms with Gasteiger partial charge in [0.15, 0.2) is 11.0 Å². The highest BCUT2D eigenvalue weighted by Gasteiger charge is 2.02. The number of nitrogens with one attached hydrogen (secondary N) is 1. The smallest absolute Gasteiger partial charge is 0.219 e. The van der Waals surface area contributed by atoms with Crippen molar-refractivity contribution in [3.05, 3.63) is 22.3 Å². The molecule has 0 saturated carbocycles. The molecule has 1 unspecified atom stereocenters. The van der Waals surface area contributed by atoms with Crippen molar-refractivity contribution in [1.29, 1.82) is 0 Å². The van der Waals surface area contributed by atoms with Crippen molar-refractivity contribution >= 4 is 29.2 Å². The van der Waals surface area contributed by atoms with Crippen LogP contribution in [0.5, 0.6) is 0 Å². The summed E-state index contributed by atoms with van der Waals surface area (Å²) >= 11 is 1.23. The fraction of sp³-hybridized carbons (Fsp3) is 0.167. The Morgan fingerprint density at radius 2 is 2.36 bits per heavy atom. The quantitative estimate of drug-likeness (QED) is 0.663. The van der Waals surface area contributed by atoms with Gasteiger partial charge in [-0.2, -0.15) is 0 Å². The Hall–Kier alpha value is -0.550. The van der Waals surface area contributed by atoms with Crippen LogP contribution in [-0.4, -0.2) is 10.6 Å². The van der Waals surface area contributed by atoms with E-state index in [9.17, 15) is 9.00 Å². The number of hydrogen-bond donors (Lipinski definition) is 1. The Morgan fingerprint density at radius 1 is 1.73 bits per heavy atom. The van der Waals surface area contributed by atoms with Gasteiger partial charge in [-0.15, -0.1) is 0 Å². The minimum Gasteiger partial charge on any atom is -0.278 e. The van der Waals surface area contributed by atoms with Crippen molar-refractivity contribution in [2.45, 2.75) is 6.92 Å². The third-order valence-electron chi connectivity index (χ3n) is 0.773.